The lowest BCUT2D eigenvalue weighted by Crippen LogP contribution is -2.25. The monoisotopic (exact) mass is 242 g/mol. The number of hydrogen-bond donors (Lipinski definition) is 1. The van der Waals surface area contributed by atoms with Crippen LogP contribution in [0.1, 0.15) is 12.8 Å². The summed E-state index contributed by atoms with van der Waals surface area (Å²) in [5.41, 5.74) is 5.33. The molecule has 0 spiro atoms. The quantitative estimate of drug-likeness (QED) is 0.821. The molecule has 0 aliphatic carbocycles. The summed E-state index contributed by atoms with van der Waals surface area (Å²) in [6, 6.07) is 1.87. The molecule has 17 heavy (non-hydrogen) atoms. The molecular weight excluding hydrogens is 226 g/mol. The van der Waals surface area contributed by atoms with Crippen molar-refractivity contribution in [3.05, 3.63) is 23.8 Å². The summed E-state index contributed by atoms with van der Waals surface area (Å²) in [6.45, 7) is 3.29. The highest BCUT2D eigenvalue weighted by Crippen LogP contribution is 2.25. The second-order valence-corrected chi connectivity index (χ2v) is 4.20. The van der Waals surface area contributed by atoms with E-state index in [2.05, 4.69) is 4.90 Å². The van der Waals surface area contributed by atoms with E-state index in [-0.39, 0.29) is 11.4 Å². The summed E-state index contributed by atoms with van der Waals surface area (Å²) >= 11 is 0. The van der Waals surface area contributed by atoms with Crippen LogP contribution in [0.3, 0.4) is 0 Å². The average molecular weight is 242 g/mol. The van der Waals surface area contributed by atoms with E-state index >= 15 is 0 Å². The Morgan fingerprint density at radius 2 is 1.94 bits per heavy atom. The van der Waals surface area contributed by atoms with Gasteiger partial charge in [0.05, 0.1) is 0 Å². The SMILES string of the molecule is Nc1c(F)cc(F)cc1OCCN1CCCC1. The molecule has 0 saturated carbocycles. The highest BCUT2D eigenvalue weighted by atomic mass is 19.1. The minimum Gasteiger partial charge on any atom is -0.490 e. The van der Waals surface area contributed by atoms with Gasteiger partial charge in [-0.15, -0.1) is 0 Å². The third-order valence-electron chi connectivity index (χ3n) is 2.92. The third-order valence-corrected chi connectivity index (χ3v) is 2.92. The lowest BCUT2D eigenvalue weighted by atomic mass is 10.3. The van der Waals surface area contributed by atoms with Crippen LogP contribution in [0.5, 0.6) is 5.75 Å². The normalized spacial score (nSPS) is 16.4. The maximum atomic E-state index is 13.1. The summed E-state index contributed by atoms with van der Waals surface area (Å²) in [7, 11) is 0. The molecule has 5 heteroatoms. The zero-order valence-corrected chi connectivity index (χ0v) is 9.59. The minimum absolute atomic E-state index is 0.0849. The first-order valence-electron chi connectivity index (χ1n) is 5.76. The first-order chi connectivity index (χ1) is 8.16. The molecule has 2 rings (SSSR count). The van der Waals surface area contributed by atoms with Crippen LogP contribution in [0.2, 0.25) is 0 Å². The highest BCUT2D eigenvalue weighted by Gasteiger charge is 2.12. The zero-order chi connectivity index (χ0) is 12.3. The Balaban J connectivity index is 1.89. The maximum Gasteiger partial charge on any atom is 0.152 e. The van der Waals surface area contributed by atoms with Crippen molar-refractivity contribution in [1.29, 1.82) is 0 Å². The number of benzene rings is 1. The van der Waals surface area contributed by atoms with E-state index in [4.69, 9.17) is 10.5 Å². The Morgan fingerprint density at radius 1 is 1.24 bits per heavy atom. The van der Waals surface area contributed by atoms with E-state index in [1.54, 1.807) is 0 Å². The summed E-state index contributed by atoms with van der Waals surface area (Å²) in [6.07, 6.45) is 2.41. The van der Waals surface area contributed by atoms with Gasteiger partial charge in [0, 0.05) is 18.7 Å². The van der Waals surface area contributed by atoms with Crippen molar-refractivity contribution in [3.8, 4) is 5.75 Å². The van der Waals surface area contributed by atoms with Gasteiger partial charge in [-0.25, -0.2) is 8.78 Å². The van der Waals surface area contributed by atoms with Crippen LogP contribution < -0.4 is 10.5 Å². The van der Waals surface area contributed by atoms with Gasteiger partial charge in [-0.2, -0.15) is 0 Å². The zero-order valence-electron chi connectivity index (χ0n) is 9.59. The molecule has 0 amide bonds. The molecule has 94 valence electrons. The molecule has 0 atom stereocenters. The number of hydrogen-bond acceptors (Lipinski definition) is 3. The standard InChI is InChI=1S/C12H16F2N2O/c13-9-7-10(14)12(15)11(8-9)17-6-5-16-3-1-2-4-16/h7-8H,1-6,15H2. The molecule has 1 saturated heterocycles. The molecule has 0 unspecified atom stereocenters. The minimum atomic E-state index is -0.777. The molecule has 0 bridgehead atoms. The van der Waals surface area contributed by atoms with Crippen LogP contribution in [0.25, 0.3) is 0 Å². The van der Waals surface area contributed by atoms with Gasteiger partial charge in [-0.05, 0) is 25.9 Å². The largest absolute Gasteiger partial charge is 0.490 e. The molecule has 0 radical (unpaired) electrons. The van der Waals surface area contributed by atoms with Crippen molar-refractivity contribution in [3.63, 3.8) is 0 Å². The molecule has 0 aromatic heterocycles. The number of likely N-dealkylation sites (tertiary alicyclic amines) is 1. The maximum absolute atomic E-state index is 13.1. The molecule has 1 heterocycles. The molecule has 1 aliphatic heterocycles. The van der Waals surface area contributed by atoms with E-state index in [1.807, 2.05) is 0 Å². The first kappa shape index (κ1) is 12.1. The Morgan fingerprint density at radius 3 is 2.65 bits per heavy atom. The van der Waals surface area contributed by atoms with Crippen LogP contribution in [0.15, 0.2) is 12.1 Å². The summed E-state index contributed by atoms with van der Waals surface area (Å²) in [5, 5.41) is 0. The first-order valence-corrected chi connectivity index (χ1v) is 5.76. The van der Waals surface area contributed by atoms with Gasteiger partial charge in [-0.1, -0.05) is 0 Å². The van der Waals surface area contributed by atoms with Gasteiger partial charge in [0.1, 0.15) is 23.9 Å². The van der Waals surface area contributed by atoms with Crippen molar-refractivity contribution in [2.24, 2.45) is 0 Å². The predicted octanol–water partition coefficient (Wildman–Crippen LogP) is 2.02. The number of ether oxygens (including phenoxy) is 1. The lowest BCUT2D eigenvalue weighted by Gasteiger charge is -2.15. The van der Waals surface area contributed by atoms with Crippen LogP contribution in [0, 0.1) is 11.6 Å². The van der Waals surface area contributed by atoms with E-state index < -0.39 is 11.6 Å². The molecule has 3 nitrogen and oxygen atoms in total. The van der Waals surface area contributed by atoms with E-state index in [0.29, 0.717) is 6.61 Å². The Bertz CT molecular complexity index is 392. The number of anilines is 1. The topological polar surface area (TPSA) is 38.5 Å². The fourth-order valence-corrected chi connectivity index (χ4v) is 1.97. The second-order valence-electron chi connectivity index (χ2n) is 4.20. The molecule has 1 aromatic carbocycles. The number of halogens is 2. The predicted molar refractivity (Wildman–Crippen MR) is 61.9 cm³/mol. The van der Waals surface area contributed by atoms with Gasteiger partial charge in [0.2, 0.25) is 0 Å². The van der Waals surface area contributed by atoms with Crippen molar-refractivity contribution in [2.45, 2.75) is 12.8 Å². The number of rotatable bonds is 4. The molecular formula is C12H16F2N2O. The Kier molecular flexibility index (Phi) is 3.78. The van der Waals surface area contributed by atoms with Crippen LogP contribution in [0.4, 0.5) is 14.5 Å². The van der Waals surface area contributed by atoms with Gasteiger partial charge in [0.25, 0.3) is 0 Å². The fourth-order valence-electron chi connectivity index (χ4n) is 1.97. The fraction of sp³-hybridized carbons (Fsp3) is 0.500. The highest BCUT2D eigenvalue weighted by molar-refractivity contribution is 5.53. The number of nitrogens with zero attached hydrogens (tertiary/aromatic N) is 1. The van der Waals surface area contributed by atoms with Crippen molar-refractivity contribution < 1.29 is 13.5 Å². The van der Waals surface area contributed by atoms with Gasteiger partial charge < -0.3 is 10.5 Å². The summed E-state index contributed by atoms with van der Waals surface area (Å²) in [5.74, 6) is -1.37. The second kappa shape index (κ2) is 5.31. The van der Waals surface area contributed by atoms with E-state index in [0.717, 1.165) is 31.8 Å². The molecule has 1 aliphatic rings. The van der Waals surface area contributed by atoms with Gasteiger partial charge in [-0.3, -0.25) is 4.90 Å². The van der Waals surface area contributed by atoms with E-state index in [9.17, 15) is 8.78 Å². The molecule has 1 fully saturated rings. The van der Waals surface area contributed by atoms with Crippen molar-refractivity contribution in [2.75, 3.05) is 32.0 Å². The van der Waals surface area contributed by atoms with E-state index in [1.165, 1.54) is 12.8 Å². The smallest absolute Gasteiger partial charge is 0.152 e. The molecule has 2 N–H and O–H groups in total. The van der Waals surface area contributed by atoms with Gasteiger partial charge in [0.15, 0.2) is 5.82 Å². The third kappa shape index (κ3) is 3.06. The average Bonchev–Trinajstić information content (AvgIpc) is 2.78. The van der Waals surface area contributed by atoms with Crippen LogP contribution >= 0.6 is 0 Å². The van der Waals surface area contributed by atoms with Crippen LogP contribution in [-0.4, -0.2) is 31.1 Å². The summed E-state index contributed by atoms with van der Waals surface area (Å²) < 4.78 is 31.4. The van der Waals surface area contributed by atoms with Crippen molar-refractivity contribution >= 4 is 5.69 Å². The number of nitrogens with two attached hydrogens (primary N) is 1. The molecule has 1 aromatic rings. The Hall–Kier alpha value is -1.36. The van der Waals surface area contributed by atoms with Crippen molar-refractivity contribution in [1.82, 2.24) is 4.90 Å². The number of nitrogen functional groups attached to an aromatic ring is 1. The van der Waals surface area contributed by atoms with Crippen LogP contribution in [-0.2, 0) is 0 Å². The lowest BCUT2D eigenvalue weighted by molar-refractivity contribution is 0.237. The Labute approximate surface area is 99.2 Å². The van der Waals surface area contributed by atoms with Gasteiger partial charge >= 0.3 is 0 Å². The summed E-state index contributed by atoms with van der Waals surface area (Å²) in [4.78, 5) is 2.26.